The quantitative estimate of drug-likeness (QED) is 0.185. The van der Waals surface area contributed by atoms with Gasteiger partial charge in [0.25, 0.3) is 0 Å². The third-order valence-electron chi connectivity index (χ3n) is 9.02. The highest BCUT2D eigenvalue weighted by Crippen LogP contribution is 2.48. The van der Waals surface area contributed by atoms with Crippen molar-refractivity contribution < 1.29 is 4.65 Å². The van der Waals surface area contributed by atoms with Crippen LogP contribution in [-0.2, 0) is 10.8 Å². The van der Waals surface area contributed by atoms with Crippen LogP contribution in [0.1, 0.15) is 52.7 Å². The largest absolute Gasteiger partial charge is 0.551 e. The number of para-hydroxylation sites is 1. The average molecular weight is 564 g/mol. The Bertz CT molecular complexity index is 2030. The van der Waals surface area contributed by atoms with Gasteiger partial charge in [-0.2, -0.15) is 0 Å². The van der Waals surface area contributed by atoms with Crippen molar-refractivity contribution >= 4 is 67.1 Å². The average Bonchev–Trinajstić information content (AvgIpc) is 3.44. The van der Waals surface area contributed by atoms with Crippen LogP contribution in [0.3, 0.4) is 0 Å². The lowest BCUT2D eigenvalue weighted by atomic mass is 9.48. The molecule has 0 fully saturated rings. The summed E-state index contributed by atoms with van der Waals surface area (Å²) in [6.07, 6.45) is 0. The maximum absolute atomic E-state index is 7.02. The Hall–Kier alpha value is -4.02. The molecular weight excluding hydrogens is 529 g/mol. The van der Waals surface area contributed by atoms with E-state index < -0.39 is 0 Å². The molecule has 0 aliphatic carbocycles. The van der Waals surface area contributed by atoms with E-state index in [9.17, 15) is 0 Å². The van der Waals surface area contributed by atoms with Crippen molar-refractivity contribution in [1.29, 1.82) is 0 Å². The van der Waals surface area contributed by atoms with E-state index in [0.717, 1.165) is 5.75 Å². The first-order valence-electron chi connectivity index (χ1n) is 14.9. The van der Waals surface area contributed by atoms with E-state index in [-0.39, 0.29) is 17.7 Å². The SMILES string of the molecule is CC(C)(C)c1cc(N2c3cc4ccsc4c4c3B(Oc3ccccc3-4)c3c2ccc2ccccc32)cc(C(C)(C)C)c1. The van der Waals surface area contributed by atoms with Crippen LogP contribution in [0.5, 0.6) is 5.75 Å². The second-order valence-corrected chi connectivity index (χ2v) is 14.8. The molecule has 0 amide bonds. The van der Waals surface area contributed by atoms with Crippen molar-refractivity contribution in [1.82, 2.24) is 0 Å². The van der Waals surface area contributed by atoms with Crippen LogP contribution in [-0.4, -0.2) is 6.92 Å². The highest BCUT2D eigenvalue weighted by molar-refractivity contribution is 7.18. The lowest BCUT2D eigenvalue weighted by Gasteiger charge is -2.41. The molecule has 0 radical (unpaired) electrons. The molecule has 3 heterocycles. The molecule has 0 unspecified atom stereocenters. The summed E-state index contributed by atoms with van der Waals surface area (Å²) in [7, 11) is 0. The summed E-state index contributed by atoms with van der Waals surface area (Å²) in [6, 6.07) is 33.8. The van der Waals surface area contributed by atoms with E-state index in [2.05, 4.69) is 143 Å². The third kappa shape index (κ3) is 3.71. The lowest BCUT2D eigenvalue weighted by Crippen LogP contribution is -2.56. The molecule has 2 nitrogen and oxygen atoms in total. The zero-order valence-electron chi connectivity index (χ0n) is 25.1. The number of hydrogen-bond donors (Lipinski definition) is 0. The molecule has 2 aliphatic heterocycles. The summed E-state index contributed by atoms with van der Waals surface area (Å²) in [6.45, 7) is 13.7. The second-order valence-electron chi connectivity index (χ2n) is 13.8. The first kappa shape index (κ1) is 25.7. The molecule has 8 rings (SSSR count). The van der Waals surface area contributed by atoms with E-state index in [1.54, 1.807) is 0 Å². The Labute approximate surface area is 252 Å². The smallest absolute Gasteiger partial charge is 0.432 e. The topological polar surface area (TPSA) is 12.5 Å². The van der Waals surface area contributed by atoms with Gasteiger partial charge in [0.05, 0.1) is 0 Å². The molecule has 4 heteroatoms. The van der Waals surface area contributed by atoms with Gasteiger partial charge in [-0.05, 0) is 79.9 Å². The Balaban J connectivity index is 1.54. The molecule has 2 aliphatic rings. The zero-order valence-corrected chi connectivity index (χ0v) is 25.9. The molecule has 5 aromatic carbocycles. The highest BCUT2D eigenvalue weighted by atomic mass is 32.1. The minimum absolute atomic E-state index is 0.0132. The minimum atomic E-state index is -0.193. The number of thiophene rings is 1. The number of rotatable bonds is 1. The standard InChI is InChI=1S/C38H34BNOS/c1-37(2,3)25-20-26(38(4,5)6)22-27(21-25)40-30-16-15-23-11-7-8-12-28(23)34(30)39-35-31(40)19-24-17-18-42-36(24)33(35)29-13-9-10-14-32(29)41-39/h7-22H,1-6H3. The fourth-order valence-electron chi connectivity index (χ4n) is 6.76. The predicted molar refractivity (Wildman–Crippen MR) is 182 cm³/mol. The van der Waals surface area contributed by atoms with Gasteiger partial charge in [0.1, 0.15) is 5.75 Å². The molecule has 1 aromatic heterocycles. The Morgan fingerprint density at radius 2 is 1.38 bits per heavy atom. The summed E-state index contributed by atoms with van der Waals surface area (Å²) in [5.41, 5.74) is 11.3. The Morgan fingerprint density at radius 1 is 0.667 bits per heavy atom. The summed E-state index contributed by atoms with van der Waals surface area (Å²) in [5.74, 6) is 0.957. The molecule has 6 aromatic rings. The summed E-state index contributed by atoms with van der Waals surface area (Å²) in [5, 5.41) is 5.99. The van der Waals surface area contributed by atoms with Crippen molar-refractivity contribution in [2.75, 3.05) is 4.90 Å². The third-order valence-corrected chi connectivity index (χ3v) is 9.97. The predicted octanol–water partition coefficient (Wildman–Crippen LogP) is 9.60. The van der Waals surface area contributed by atoms with Crippen LogP contribution in [0.4, 0.5) is 17.1 Å². The van der Waals surface area contributed by atoms with Crippen LogP contribution in [0.15, 0.2) is 96.4 Å². The van der Waals surface area contributed by atoms with Crippen LogP contribution < -0.4 is 20.5 Å². The van der Waals surface area contributed by atoms with Crippen LogP contribution in [0.25, 0.3) is 32.0 Å². The molecule has 0 saturated carbocycles. The van der Waals surface area contributed by atoms with Gasteiger partial charge in [-0.1, -0.05) is 96.1 Å². The first-order valence-corrected chi connectivity index (χ1v) is 15.8. The van der Waals surface area contributed by atoms with Gasteiger partial charge in [0.15, 0.2) is 0 Å². The molecule has 0 saturated heterocycles. The van der Waals surface area contributed by atoms with E-state index in [1.165, 1.54) is 71.1 Å². The number of anilines is 3. The van der Waals surface area contributed by atoms with E-state index in [4.69, 9.17) is 4.65 Å². The van der Waals surface area contributed by atoms with Gasteiger partial charge >= 0.3 is 6.92 Å². The Morgan fingerprint density at radius 3 is 2.14 bits per heavy atom. The van der Waals surface area contributed by atoms with E-state index >= 15 is 0 Å². The van der Waals surface area contributed by atoms with Gasteiger partial charge in [-0.25, -0.2) is 0 Å². The van der Waals surface area contributed by atoms with Crippen LogP contribution >= 0.6 is 11.3 Å². The fourth-order valence-corrected chi connectivity index (χ4v) is 7.71. The highest BCUT2D eigenvalue weighted by Gasteiger charge is 2.44. The number of fused-ring (bicyclic) bond motifs is 8. The maximum atomic E-state index is 7.02. The van der Waals surface area contributed by atoms with Gasteiger partial charge < -0.3 is 9.55 Å². The zero-order chi connectivity index (χ0) is 29.0. The van der Waals surface area contributed by atoms with Crippen molar-refractivity contribution in [3.63, 3.8) is 0 Å². The molecule has 0 atom stereocenters. The second kappa shape index (κ2) is 8.75. The van der Waals surface area contributed by atoms with Gasteiger partial charge in [-0.3, -0.25) is 0 Å². The normalized spacial score (nSPS) is 14.0. The number of hydrogen-bond acceptors (Lipinski definition) is 3. The van der Waals surface area contributed by atoms with Crippen molar-refractivity contribution in [2.24, 2.45) is 0 Å². The summed E-state index contributed by atoms with van der Waals surface area (Å²) in [4.78, 5) is 2.52. The molecule has 42 heavy (non-hydrogen) atoms. The van der Waals surface area contributed by atoms with Crippen molar-refractivity contribution in [3.05, 3.63) is 108 Å². The van der Waals surface area contributed by atoms with Gasteiger partial charge in [-0.15, -0.1) is 11.3 Å². The summed E-state index contributed by atoms with van der Waals surface area (Å²) >= 11 is 1.83. The molecular formula is C38H34BNOS. The van der Waals surface area contributed by atoms with E-state index in [1.807, 2.05) is 11.3 Å². The Kier molecular flexibility index (Phi) is 5.35. The van der Waals surface area contributed by atoms with E-state index in [0.29, 0.717) is 0 Å². The molecule has 0 bridgehead atoms. The molecule has 206 valence electrons. The van der Waals surface area contributed by atoms with Crippen LogP contribution in [0.2, 0.25) is 0 Å². The minimum Gasteiger partial charge on any atom is -0.551 e. The van der Waals surface area contributed by atoms with Crippen molar-refractivity contribution in [3.8, 4) is 16.9 Å². The van der Waals surface area contributed by atoms with Gasteiger partial charge in [0, 0.05) is 43.8 Å². The fraction of sp³-hybridized carbons (Fsp3) is 0.211. The first-order chi connectivity index (χ1) is 20.1. The number of benzene rings is 5. The van der Waals surface area contributed by atoms with Crippen LogP contribution in [0, 0.1) is 0 Å². The summed E-state index contributed by atoms with van der Waals surface area (Å²) < 4.78 is 8.35. The van der Waals surface area contributed by atoms with Crippen molar-refractivity contribution in [2.45, 2.75) is 52.4 Å². The number of nitrogens with zero attached hydrogens (tertiary/aromatic N) is 1. The lowest BCUT2D eigenvalue weighted by molar-refractivity contribution is 0.568. The molecule has 0 N–H and O–H groups in total. The van der Waals surface area contributed by atoms with Gasteiger partial charge in [0.2, 0.25) is 0 Å². The monoisotopic (exact) mass is 563 g/mol. The molecule has 0 spiro atoms. The maximum Gasteiger partial charge on any atom is 0.432 e.